The van der Waals surface area contributed by atoms with Gasteiger partial charge >= 0.3 is 0 Å². The third-order valence-electron chi connectivity index (χ3n) is 4.03. The number of carbonyl (C=O) groups is 1. The average Bonchev–Trinajstić information content (AvgIpc) is 2.55. The fourth-order valence-electron chi connectivity index (χ4n) is 2.86. The van der Waals surface area contributed by atoms with Crippen molar-refractivity contribution in [1.29, 1.82) is 0 Å². The molecular weight excluding hydrogens is 311 g/mol. The summed E-state index contributed by atoms with van der Waals surface area (Å²) in [5.74, 6) is 0.112. The molecule has 1 aliphatic heterocycles. The number of nitrogens with zero attached hydrogens (tertiary/aromatic N) is 2. The number of benzene rings is 1. The topological polar surface area (TPSA) is 53.0 Å². The van der Waals surface area contributed by atoms with Gasteiger partial charge in [0.05, 0.1) is 25.9 Å². The predicted molar refractivity (Wildman–Crippen MR) is 90.0 cm³/mol. The Labute approximate surface area is 143 Å². The number of halogens is 1. The molecule has 1 amide bonds. The summed E-state index contributed by atoms with van der Waals surface area (Å²) >= 11 is 0. The molecule has 0 spiro atoms. The van der Waals surface area contributed by atoms with Crippen LogP contribution in [0.4, 0.5) is 4.39 Å². The summed E-state index contributed by atoms with van der Waals surface area (Å²) in [6.45, 7) is 7.89. The van der Waals surface area contributed by atoms with Gasteiger partial charge in [0.15, 0.2) is 0 Å². The lowest BCUT2D eigenvalue weighted by molar-refractivity contribution is -0.136. The van der Waals surface area contributed by atoms with Gasteiger partial charge in [0.2, 0.25) is 5.91 Å². The SMILES string of the molecule is CC(C)CN(CC(=O)N1CCOCC1)C[C@H](O)c1ccc(F)cc1. The maximum atomic E-state index is 13.0. The van der Waals surface area contributed by atoms with Crippen LogP contribution >= 0.6 is 0 Å². The summed E-state index contributed by atoms with van der Waals surface area (Å²) in [5.41, 5.74) is 0.656. The lowest BCUT2D eigenvalue weighted by Gasteiger charge is -2.31. The van der Waals surface area contributed by atoms with Crippen LogP contribution in [-0.2, 0) is 9.53 Å². The summed E-state index contributed by atoms with van der Waals surface area (Å²) in [7, 11) is 0. The van der Waals surface area contributed by atoms with E-state index in [0.29, 0.717) is 50.9 Å². The van der Waals surface area contributed by atoms with Crippen molar-refractivity contribution in [3.05, 3.63) is 35.6 Å². The lowest BCUT2D eigenvalue weighted by atomic mass is 10.1. The number of rotatable bonds is 7. The molecule has 0 aliphatic carbocycles. The van der Waals surface area contributed by atoms with E-state index in [1.165, 1.54) is 12.1 Å². The summed E-state index contributed by atoms with van der Waals surface area (Å²) < 4.78 is 18.3. The Morgan fingerprint density at radius 1 is 1.25 bits per heavy atom. The summed E-state index contributed by atoms with van der Waals surface area (Å²) in [6, 6.07) is 5.84. The largest absolute Gasteiger partial charge is 0.387 e. The molecule has 1 atom stereocenters. The Balaban J connectivity index is 1.96. The van der Waals surface area contributed by atoms with Crippen LogP contribution in [0.25, 0.3) is 0 Å². The molecule has 1 N–H and O–H groups in total. The van der Waals surface area contributed by atoms with Crippen LogP contribution in [0.1, 0.15) is 25.5 Å². The number of morpholine rings is 1. The van der Waals surface area contributed by atoms with E-state index in [2.05, 4.69) is 13.8 Å². The molecular formula is C18H27FN2O3. The molecule has 6 heteroatoms. The molecule has 1 aliphatic rings. The van der Waals surface area contributed by atoms with Gasteiger partial charge in [-0.1, -0.05) is 26.0 Å². The molecule has 0 aromatic heterocycles. The first-order chi connectivity index (χ1) is 11.5. The molecule has 5 nitrogen and oxygen atoms in total. The van der Waals surface area contributed by atoms with Crippen LogP contribution in [0.3, 0.4) is 0 Å². The molecule has 1 heterocycles. The first-order valence-corrected chi connectivity index (χ1v) is 8.47. The van der Waals surface area contributed by atoms with Crippen molar-refractivity contribution in [3.63, 3.8) is 0 Å². The number of aliphatic hydroxyl groups is 1. The standard InChI is InChI=1S/C18H27FN2O3/c1-14(2)11-20(13-18(23)21-7-9-24-10-8-21)12-17(22)15-3-5-16(19)6-4-15/h3-6,14,17,22H,7-13H2,1-2H3/t17-/m0/s1. The highest BCUT2D eigenvalue weighted by Gasteiger charge is 2.22. The second-order valence-electron chi connectivity index (χ2n) is 6.65. The zero-order valence-electron chi connectivity index (χ0n) is 14.4. The number of amides is 1. The zero-order chi connectivity index (χ0) is 17.5. The number of aliphatic hydroxyl groups excluding tert-OH is 1. The van der Waals surface area contributed by atoms with E-state index in [0.717, 1.165) is 0 Å². The number of carbonyl (C=O) groups excluding carboxylic acids is 1. The van der Waals surface area contributed by atoms with Crippen molar-refractivity contribution in [3.8, 4) is 0 Å². The van der Waals surface area contributed by atoms with Gasteiger partial charge in [-0.2, -0.15) is 0 Å². The summed E-state index contributed by atoms with van der Waals surface area (Å²) in [4.78, 5) is 16.2. The molecule has 1 fully saturated rings. The molecule has 1 aromatic rings. The fourth-order valence-corrected chi connectivity index (χ4v) is 2.86. The highest BCUT2D eigenvalue weighted by Crippen LogP contribution is 2.16. The van der Waals surface area contributed by atoms with Crippen LogP contribution < -0.4 is 0 Å². The highest BCUT2D eigenvalue weighted by atomic mass is 19.1. The number of hydrogen-bond donors (Lipinski definition) is 1. The van der Waals surface area contributed by atoms with Crippen LogP contribution in [0, 0.1) is 11.7 Å². The van der Waals surface area contributed by atoms with Gasteiger partial charge < -0.3 is 14.7 Å². The molecule has 134 valence electrons. The van der Waals surface area contributed by atoms with E-state index in [9.17, 15) is 14.3 Å². The minimum atomic E-state index is -0.748. The van der Waals surface area contributed by atoms with Crippen molar-refractivity contribution in [2.75, 3.05) is 45.9 Å². The number of hydrogen-bond acceptors (Lipinski definition) is 4. The number of ether oxygens (including phenoxy) is 1. The Hall–Kier alpha value is -1.50. The van der Waals surface area contributed by atoms with Crippen LogP contribution in [-0.4, -0.2) is 66.8 Å². The smallest absolute Gasteiger partial charge is 0.236 e. The van der Waals surface area contributed by atoms with Gasteiger partial charge in [-0.15, -0.1) is 0 Å². The summed E-state index contributed by atoms with van der Waals surface area (Å²) in [5, 5.41) is 10.4. The van der Waals surface area contributed by atoms with Crippen molar-refractivity contribution >= 4 is 5.91 Å². The molecule has 0 unspecified atom stereocenters. The molecule has 0 saturated carbocycles. The van der Waals surface area contributed by atoms with Crippen molar-refractivity contribution in [2.24, 2.45) is 5.92 Å². The van der Waals surface area contributed by atoms with Gasteiger partial charge in [-0.05, 0) is 23.6 Å². The van der Waals surface area contributed by atoms with Gasteiger partial charge in [-0.25, -0.2) is 4.39 Å². The van der Waals surface area contributed by atoms with Gasteiger partial charge in [0, 0.05) is 26.2 Å². The Kier molecular flexibility index (Phi) is 7.15. The van der Waals surface area contributed by atoms with E-state index in [1.807, 2.05) is 4.90 Å². The average molecular weight is 338 g/mol. The normalized spacial score (nSPS) is 16.7. The van der Waals surface area contributed by atoms with Gasteiger partial charge in [-0.3, -0.25) is 9.69 Å². The molecule has 24 heavy (non-hydrogen) atoms. The second-order valence-corrected chi connectivity index (χ2v) is 6.65. The minimum Gasteiger partial charge on any atom is -0.387 e. The Morgan fingerprint density at radius 3 is 2.46 bits per heavy atom. The van der Waals surface area contributed by atoms with E-state index in [1.54, 1.807) is 17.0 Å². The van der Waals surface area contributed by atoms with Crippen molar-refractivity contribution in [2.45, 2.75) is 20.0 Å². The quantitative estimate of drug-likeness (QED) is 0.822. The molecule has 1 saturated heterocycles. The predicted octanol–water partition coefficient (Wildman–Crippen LogP) is 1.68. The third kappa shape index (κ3) is 5.85. The third-order valence-corrected chi connectivity index (χ3v) is 4.03. The first-order valence-electron chi connectivity index (χ1n) is 8.47. The second kappa shape index (κ2) is 9.11. The lowest BCUT2D eigenvalue weighted by Crippen LogP contribution is -2.47. The maximum absolute atomic E-state index is 13.0. The van der Waals surface area contributed by atoms with Crippen LogP contribution in [0.2, 0.25) is 0 Å². The molecule has 1 aromatic carbocycles. The minimum absolute atomic E-state index is 0.0604. The van der Waals surface area contributed by atoms with Crippen LogP contribution in [0.5, 0.6) is 0 Å². The van der Waals surface area contributed by atoms with E-state index < -0.39 is 6.10 Å². The van der Waals surface area contributed by atoms with E-state index in [4.69, 9.17) is 4.74 Å². The van der Waals surface area contributed by atoms with E-state index >= 15 is 0 Å². The summed E-state index contributed by atoms with van der Waals surface area (Å²) in [6.07, 6.45) is -0.748. The van der Waals surface area contributed by atoms with E-state index in [-0.39, 0.29) is 18.3 Å². The Morgan fingerprint density at radius 2 is 1.88 bits per heavy atom. The zero-order valence-corrected chi connectivity index (χ0v) is 14.4. The molecule has 0 bridgehead atoms. The fraction of sp³-hybridized carbons (Fsp3) is 0.611. The van der Waals surface area contributed by atoms with Crippen LogP contribution in [0.15, 0.2) is 24.3 Å². The molecule has 2 rings (SSSR count). The monoisotopic (exact) mass is 338 g/mol. The Bertz CT molecular complexity index is 516. The first kappa shape index (κ1) is 18.8. The van der Waals surface area contributed by atoms with Crippen molar-refractivity contribution in [1.82, 2.24) is 9.80 Å². The highest BCUT2D eigenvalue weighted by molar-refractivity contribution is 5.78. The van der Waals surface area contributed by atoms with Gasteiger partial charge in [0.1, 0.15) is 5.82 Å². The van der Waals surface area contributed by atoms with Gasteiger partial charge in [0.25, 0.3) is 0 Å². The molecule has 0 radical (unpaired) electrons. The van der Waals surface area contributed by atoms with Crippen molar-refractivity contribution < 1.29 is 19.0 Å². The maximum Gasteiger partial charge on any atom is 0.236 e.